The summed E-state index contributed by atoms with van der Waals surface area (Å²) in [5.74, 6) is 1.38. The predicted octanol–water partition coefficient (Wildman–Crippen LogP) is 1.24. The van der Waals surface area contributed by atoms with Crippen LogP contribution in [0.2, 0.25) is 0 Å². The number of methoxy groups -OCH3 is 1. The summed E-state index contributed by atoms with van der Waals surface area (Å²) >= 11 is 0. The third kappa shape index (κ3) is 1.35. The van der Waals surface area contributed by atoms with E-state index >= 15 is 0 Å². The van der Waals surface area contributed by atoms with Gasteiger partial charge in [0.15, 0.2) is 0 Å². The number of benzene rings is 1. The minimum Gasteiger partial charge on any atom is -0.496 e. The van der Waals surface area contributed by atoms with E-state index in [1.807, 2.05) is 12.1 Å². The maximum Gasteiger partial charge on any atom is 0.122 e. The molecule has 2 heterocycles. The van der Waals surface area contributed by atoms with E-state index < -0.39 is 0 Å². The number of ether oxygens (including phenoxy) is 1. The zero-order chi connectivity index (χ0) is 11.1. The Labute approximate surface area is 96.0 Å². The fourth-order valence-corrected chi connectivity index (χ4v) is 3.27. The Hall–Kier alpha value is -1.06. The van der Waals surface area contributed by atoms with E-state index in [4.69, 9.17) is 10.5 Å². The number of fused-ring (bicyclic) bond motifs is 2. The first-order chi connectivity index (χ1) is 7.81. The molecule has 4 unspecified atom stereocenters. The standard InChI is InChI=1S/C13H18N2O/c1-16-11-5-3-2-4-8(11)12-9-6-7-10(15-9)13(12)14/h2-5,9-10,12-13,15H,6-7,14H2,1H3. The number of para-hydroxylation sites is 1. The lowest BCUT2D eigenvalue weighted by molar-refractivity contribution is 0.387. The van der Waals surface area contributed by atoms with E-state index in [0.717, 1.165) is 5.75 Å². The van der Waals surface area contributed by atoms with Crippen molar-refractivity contribution in [3.63, 3.8) is 0 Å². The second-order valence-corrected chi connectivity index (χ2v) is 4.80. The van der Waals surface area contributed by atoms with Crippen molar-refractivity contribution in [2.24, 2.45) is 5.73 Å². The highest BCUT2D eigenvalue weighted by molar-refractivity contribution is 5.40. The predicted molar refractivity (Wildman–Crippen MR) is 63.7 cm³/mol. The largest absolute Gasteiger partial charge is 0.496 e. The van der Waals surface area contributed by atoms with Gasteiger partial charge in [-0.2, -0.15) is 0 Å². The topological polar surface area (TPSA) is 47.3 Å². The van der Waals surface area contributed by atoms with Crippen LogP contribution in [0.15, 0.2) is 24.3 Å². The Morgan fingerprint density at radius 1 is 1.25 bits per heavy atom. The Kier molecular flexibility index (Phi) is 2.37. The first kappa shape index (κ1) is 10.1. The molecule has 3 nitrogen and oxygen atoms in total. The number of nitrogens with two attached hydrogens (primary N) is 1. The number of rotatable bonds is 2. The van der Waals surface area contributed by atoms with Crippen molar-refractivity contribution in [3.8, 4) is 5.75 Å². The van der Waals surface area contributed by atoms with Crippen LogP contribution in [0.25, 0.3) is 0 Å². The second-order valence-electron chi connectivity index (χ2n) is 4.80. The van der Waals surface area contributed by atoms with Crippen LogP contribution >= 0.6 is 0 Å². The van der Waals surface area contributed by atoms with E-state index in [-0.39, 0.29) is 6.04 Å². The third-order valence-electron chi connectivity index (χ3n) is 4.03. The molecule has 0 spiro atoms. The van der Waals surface area contributed by atoms with Crippen LogP contribution < -0.4 is 15.8 Å². The quantitative estimate of drug-likeness (QED) is 0.785. The molecule has 0 aromatic heterocycles. The molecule has 3 heteroatoms. The molecule has 0 saturated carbocycles. The van der Waals surface area contributed by atoms with Crippen LogP contribution in [0.5, 0.6) is 5.75 Å². The van der Waals surface area contributed by atoms with Crippen molar-refractivity contribution in [3.05, 3.63) is 29.8 Å². The smallest absolute Gasteiger partial charge is 0.122 e. The minimum atomic E-state index is 0.232. The molecule has 2 aliphatic rings. The molecule has 1 aromatic rings. The van der Waals surface area contributed by atoms with Crippen molar-refractivity contribution in [1.82, 2.24) is 5.32 Å². The first-order valence-electron chi connectivity index (χ1n) is 5.96. The van der Waals surface area contributed by atoms with Gasteiger partial charge in [0.2, 0.25) is 0 Å². The molecule has 4 atom stereocenters. The Morgan fingerprint density at radius 2 is 2.00 bits per heavy atom. The highest BCUT2D eigenvalue weighted by Crippen LogP contribution is 2.42. The number of hydrogen-bond acceptors (Lipinski definition) is 3. The van der Waals surface area contributed by atoms with Crippen LogP contribution in [0.1, 0.15) is 24.3 Å². The fourth-order valence-electron chi connectivity index (χ4n) is 3.27. The van der Waals surface area contributed by atoms with E-state index in [2.05, 4.69) is 17.4 Å². The SMILES string of the molecule is COc1ccccc1C1C2CCC(N2)C1N. The van der Waals surface area contributed by atoms with E-state index in [1.54, 1.807) is 7.11 Å². The van der Waals surface area contributed by atoms with E-state index in [0.29, 0.717) is 18.0 Å². The molecular formula is C13H18N2O. The molecule has 0 amide bonds. The van der Waals surface area contributed by atoms with Gasteiger partial charge in [0.05, 0.1) is 7.11 Å². The van der Waals surface area contributed by atoms with Gasteiger partial charge in [-0.1, -0.05) is 18.2 Å². The maximum atomic E-state index is 6.30. The Balaban J connectivity index is 1.97. The van der Waals surface area contributed by atoms with Crippen LogP contribution in [-0.4, -0.2) is 25.2 Å². The molecule has 0 aliphatic carbocycles. The van der Waals surface area contributed by atoms with Gasteiger partial charge in [-0.05, 0) is 18.9 Å². The Morgan fingerprint density at radius 3 is 2.69 bits per heavy atom. The highest BCUT2D eigenvalue weighted by atomic mass is 16.5. The molecule has 3 N–H and O–H groups in total. The molecule has 3 rings (SSSR count). The summed E-state index contributed by atoms with van der Waals surface area (Å²) in [6.07, 6.45) is 2.46. The van der Waals surface area contributed by atoms with Gasteiger partial charge < -0.3 is 15.8 Å². The maximum absolute atomic E-state index is 6.30. The van der Waals surface area contributed by atoms with Crippen molar-refractivity contribution >= 4 is 0 Å². The van der Waals surface area contributed by atoms with Crippen LogP contribution in [0, 0.1) is 0 Å². The molecule has 86 valence electrons. The molecule has 0 radical (unpaired) electrons. The minimum absolute atomic E-state index is 0.232. The van der Waals surface area contributed by atoms with E-state index in [9.17, 15) is 0 Å². The van der Waals surface area contributed by atoms with Crippen molar-refractivity contribution in [2.75, 3.05) is 7.11 Å². The fraction of sp³-hybridized carbons (Fsp3) is 0.538. The van der Waals surface area contributed by atoms with Crippen LogP contribution in [0.4, 0.5) is 0 Å². The van der Waals surface area contributed by atoms with Crippen molar-refractivity contribution in [2.45, 2.75) is 36.9 Å². The Bertz CT molecular complexity index is 391. The average Bonchev–Trinajstić information content (AvgIpc) is 2.89. The van der Waals surface area contributed by atoms with Gasteiger partial charge in [0.25, 0.3) is 0 Å². The molecule has 2 saturated heterocycles. The van der Waals surface area contributed by atoms with Crippen LogP contribution in [0.3, 0.4) is 0 Å². The monoisotopic (exact) mass is 218 g/mol. The molecule has 2 bridgehead atoms. The summed E-state index contributed by atoms with van der Waals surface area (Å²) < 4.78 is 5.43. The van der Waals surface area contributed by atoms with Crippen LogP contribution in [-0.2, 0) is 0 Å². The first-order valence-corrected chi connectivity index (χ1v) is 5.96. The van der Waals surface area contributed by atoms with Gasteiger partial charge in [0.1, 0.15) is 5.75 Å². The normalized spacial score (nSPS) is 36.6. The molecular weight excluding hydrogens is 200 g/mol. The van der Waals surface area contributed by atoms with Gasteiger partial charge in [-0.15, -0.1) is 0 Å². The molecule has 2 aliphatic heterocycles. The number of hydrogen-bond donors (Lipinski definition) is 2. The lowest BCUT2D eigenvalue weighted by atomic mass is 9.80. The summed E-state index contributed by atoms with van der Waals surface area (Å²) in [5, 5.41) is 3.60. The molecule has 16 heavy (non-hydrogen) atoms. The van der Waals surface area contributed by atoms with Crippen molar-refractivity contribution in [1.29, 1.82) is 0 Å². The van der Waals surface area contributed by atoms with Gasteiger partial charge in [-0.25, -0.2) is 0 Å². The molecule has 1 aromatic carbocycles. The second kappa shape index (κ2) is 3.75. The summed E-state index contributed by atoms with van der Waals surface area (Å²) in [6.45, 7) is 0. The summed E-state index contributed by atoms with van der Waals surface area (Å²) in [5.41, 5.74) is 7.56. The third-order valence-corrected chi connectivity index (χ3v) is 4.03. The lowest BCUT2D eigenvalue weighted by Gasteiger charge is -2.27. The number of nitrogens with one attached hydrogen (secondary N) is 1. The van der Waals surface area contributed by atoms with Crippen molar-refractivity contribution < 1.29 is 4.74 Å². The summed E-state index contributed by atoms with van der Waals surface area (Å²) in [7, 11) is 1.73. The molecule has 2 fully saturated rings. The average molecular weight is 218 g/mol. The zero-order valence-corrected chi connectivity index (χ0v) is 9.52. The van der Waals surface area contributed by atoms with E-state index in [1.165, 1.54) is 18.4 Å². The zero-order valence-electron chi connectivity index (χ0n) is 9.52. The van der Waals surface area contributed by atoms with Gasteiger partial charge in [-0.3, -0.25) is 0 Å². The van der Waals surface area contributed by atoms with Gasteiger partial charge >= 0.3 is 0 Å². The lowest BCUT2D eigenvalue weighted by Crippen LogP contribution is -2.38. The summed E-state index contributed by atoms with van der Waals surface area (Å²) in [4.78, 5) is 0. The highest BCUT2D eigenvalue weighted by Gasteiger charge is 2.46. The van der Waals surface area contributed by atoms with Gasteiger partial charge in [0, 0.05) is 29.6 Å². The summed E-state index contributed by atoms with van der Waals surface area (Å²) in [6, 6.07) is 9.51.